The Bertz CT molecular complexity index is 2910. The maximum Gasteiger partial charge on any atom is 0.254 e. The molecule has 5 N–H and O–H groups in total. The standard InChI is InChI=1S/C53H48N2O12/c1-63-42-21-37-35-17-16-29-10-7-14-32(29)44(35)46(40(58)24-55-23-30-9-2-3-12-33(30)51(55)61)48(60)45(37)49-36(42)18-19-41(38-22-54-39-15-5-4-13-34(38)39)64-26-43-47(59)50(53(62,27-56)52(66-43)67-49)65-25-28-8-6-11-31(57)20-28/h2-6,8-9,11-13,15-22,29,32,41,43,47,50,52,56,59,62H,7,10,14,23-27H2,1H3,(H-,57,58,60)/p+1. The normalized spacial score (nSPS) is 27.9. The maximum atomic E-state index is 15.0. The molecule has 8 unspecified atom stereocenters. The van der Waals surface area contributed by atoms with Crippen molar-refractivity contribution in [3.8, 4) is 23.0 Å². The summed E-state index contributed by atoms with van der Waals surface area (Å²) in [5.74, 6) is -0.850. The molecule has 1 saturated heterocycles. The lowest BCUT2D eigenvalue weighted by atomic mass is 9.75. The van der Waals surface area contributed by atoms with Gasteiger partial charge in [-0.15, -0.1) is 0 Å². The van der Waals surface area contributed by atoms with Gasteiger partial charge in [0.05, 0.1) is 61.8 Å². The van der Waals surface area contributed by atoms with E-state index in [0.29, 0.717) is 39.0 Å². The Morgan fingerprint density at radius 1 is 1.06 bits per heavy atom. The number of phenolic OH excluding ortho intramolecular Hbond substituents is 2. The number of aliphatic hydroxyl groups excluding tert-OH is 2. The summed E-state index contributed by atoms with van der Waals surface area (Å²) in [5.41, 5.74) is 3.37. The summed E-state index contributed by atoms with van der Waals surface area (Å²) in [4.78, 5) is 34.8. The van der Waals surface area contributed by atoms with Crippen molar-refractivity contribution >= 4 is 40.8 Å². The van der Waals surface area contributed by atoms with Crippen LogP contribution in [0.5, 0.6) is 23.0 Å². The van der Waals surface area contributed by atoms with Crippen LogP contribution in [0.4, 0.5) is 0 Å². The minimum atomic E-state index is -2.47. The number of amides is 1. The fourth-order valence-corrected chi connectivity index (χ4v) is 10.9. The van der Waals surface area contributed by atoms with Gasteiger partial charge in [0.1, 0.15) is 53.0 Å². The fraction of sp³-hybridized carbons (Fsp3) is 0.321. The molecule has 0 spiro atoms. The molecule has 4 aromatic rings. The number of allylic oxidation sites excluding steroid dienone is 5. The molecule has 14 nitrogen and oxygen atoms in total. The summed E-state index contributed by atoms with van der Waals surface area (Å²) in [6.45, 7) is -1.52. The first kappa shape index (κ1) is 43.1. The van der Waals surface area contributed by atoms with Crippen LogP contribution in [0.3, 0.4) is 0 Å². The van der Waals surface area contributed by atoms with Gasteiger partial charge in [-0.1, -0.05) is 48.9 Å². The van der Waals surface area contributed by atoms with Crippen molar-refractivity contribution in [2.75, 3.05) is 26.9 Å². The van der Waals surface area contributed by atoms with E-state index in [1.807, 2.05) is 42.9 Å². The molecule has 2 fully saturated rings. The number of methoxy groups -OCH3 is 1. The highest BCUT2D eigenvalue weighted by atomic mass is 16.7. The van der Waals surface area contributed by atoms with E-state index in [2.05, 4.69) is 11.1 Å². The highest BCUT2D eigenvalue weighted by Crippen LogP contribution is 2.55. The van der Waals surface area contributed by atoms with Crippen LogP contribution in [0.25, 0.3) is 22.9 Å². The molecule has 0 radical (unpaired) electrons. The van der Waals surface area contributed by atoms with Crippen LogP contribution in [-0.4, -0.2) is 112 Å². The molecule has 67 heavy (non-hydrogen) atoms. The van der Waals surface area contributed by atoms with Gasteiger partial charge in [0.25, 0.3) is 5.91 Å². The van der Waals surface area contributed by atoms with Crippen molar-refractivity contribution in [1.29, 1.82) is 0 Å². The van der Waals surface area contributed by atoms with Crippen molar-refractivity contribution in [1.82, 2.24) is 4.90 Å². The summed E-state index contributed by atoms with van der Waals surface area (Å²) in [6.07, 6.45) is 12.5. The highest BCUT2D eigenvalue weighted by Gasteiger charge is 2.58. The second-order valence-electron chi connectivity index (χ2n) is 18.1. The number of carbonyl (C=O) groups excluding carboxylic acids is 2. The molecular formula is C53H49N2O12+. The van der Waals surface area contributed by atoms with Gasteiger partial charge in [-0.25, -0.2) is 0 Å². The van der Waals surface area contributed by atoms with Crippen molar-refractivity contribution < 1.29 is 58.8 Å². The Morgan fingerprint density at radius 3 is 2.73 bits per heavy atom. The van der Waals surface area contributed by atoms with Crippen molar-refractivity contribution in [2.45, 2.75) is 74.6 Å². The Morgan fingerprint density at radius 2 is 1.91 bits per heavy atom. The molecule has 4 heterocycles. The minimum absolute atomic E-state index is 0.0160. The zero-order valence-electron chi connectivity index (χ0n) is 36.6. The SMILES string of the molecule is COc1cc2c3c(c(C(=O)CN4Cc5ccccc5C4=O)c(O)c2c2c1C=CC(C1=C4[CH+]C=CC=C4N=C1)OCC1OC(O2)C(O)(CO)C(OCc2cccc(O)c2)C1O)C1CCCC1C=C3. The van der Waals surface area contributed by atoms with Crippen LogP contribution >= 0.6 is 0 Å². The van der Waals surface area contributed by atoms with E-state index < -0.39 is 48.7 Å². The summed E-state index contributed by atoms with van der Waals surface area (Å²) < 4.78 is 32.3. The average molecular weight is 906 g/mol. The molecule has 3 aliphatic carbocycles. The Balaban J connectivity index is 1.11. The number of Topliss-reactive ketones (excluding diaryl/α,β-unsaturated/α-hetero) is 1. The number of aliphatic hydroxyl groups is 3. The van der Waals surface area contributed by atoms with E-state index in [-0.39, 0.29) is 77.8 Å². The zero-order chi connectivity index (χ0) is 46.1. The van der Waals surface area contributed by atoms with Crippen LogP contribution in [0, 0.1) is 12.3 Å². The van der Waals surface area contributed by atoms with Crippen LogP contribution in [-0.2, 0) is 27.4 Å². The Labute approximate surface area is 386 Å². The molecule has 4 aliphatic heterocycles. The summed E-state index contributed by atoms with van der Waals surface area (Å²) >= 11 is 0. The topological polar surface area (TPSA) is 197 Å². The smallest absolute Gasteiger partial charge is 0.254 e. The fourth-order valence-electron chi connectivity index (χ4n) is 10.9. The zero-order valence-corrected chi connectivity index (χ0v) is 36.6. The molecule has 11 rings (SSSR count). The Kier molecular flexibility index (Phi) is 10.9. The van der Waals surface area contributed by atoms with Gasteiger partial charge in [-0.2, -0.15) is 4.99 Å². The highest BCUT2D eigenvalue weighted by molar-refractivity contribution is 6.14. The monoisotopic (exact) mass is 905 g/mol. The second kappa shape index (κ2) is 17.0. The molecule has 1 saturated carbocycles. The quantitative estimate of drug-likeness (QED) is 0.0940. The number of carbonyl (C=O) groups is 2. The number of rotatable bonds is 9. The van der Waals surface area contributed by atoms with Gasteiger partial charge in [-0.3, -0.25) is 9.59 Å². The Hall–Kier alpha value is -6.52. The number of benzene rings is 4. The van der Waals surface area contributed by atoms with Crippen LogP contribution in [0.1, 0.15) is 73.7 Å². The second-order valence-corrected chi connectivity index (χ2v) is 18.1. The van der Waals surface area contributed by atoms with Crippen LogP contribution in [0.15, 0.2) is 107 Å². The third-order valence-corrected chi connectivity index (χ3v) is 14.2. The molecular weight excluding hydrogens is 857 g/mol. The third kappa shape index (κ3) is 7.18. The first-order valence-corrected chi connectivity index (χ1v) is 22.6. The van der Waals surface area contributed by atoms with E-state index in [1.54, 1.807) is 48.7 Å². The number of aliphatic imine (C=N–C) groups is 1. The van der Waals surface area contributed by atoms with Crippen LogP contribution in [0.2, 0.25) is 0 Å². The van der Waals surface area contributed by atoms with E-state index in [0.717, 1.165) is 36.1 Å². The predicted molar refractivity (Wildman–Crippen MR) is 247 cm³/mol. The molecule has 7 aliphatic rings. The van der Waals surface area contributed by atoms with Gasteiger partial charge < -0.3 is 54.1 Å². The molecule has 8 atom stereocenters. The largest absolute Gasteiger partial charge is 0.508 e. The predicted octanol–water partition coefficient (Wildman–Crippen LogP) is 6.23. The van der Waals surface area contributed by atoms with E-state index >= 15 is 4.79 Å². The van der Waals surface area contributed by atoms with Gasteiger partial charge in [0.15, 0.2) is 17.1 Å². The van der Waals surface area contributed by atoms with Gasteiger partial charge in [0, 0.05) is 42.1 Å². The lowest BCUT2D eigenvalue weighted by Gasteiger charge is -2.48. The van der Waals surface area contributed by atoms with Crippen molar-refractivity contribution in [2.24, 2.45) is 10.9 Å². The summed E-state index contributed by atoms with van der Waals surface area (Å²) in [7, 11) is 1.50. The average Bonchev–Trinajstić information content (AvgIpc) is 4.07. The molecule has 1 amide bonds. The number of hydrogen-bond acceptors (Lipinski definition) is 13. The minimum Gasteiger partial charge on any atom is -0.508 e. The lowest BCUT2D eigenvalue weighted by Crippen LogP contribution is -2.70. The molecule has 14 heteroatoms. The molecule has 2 bridgehead atoms. The van der Waals surface area contributed by atoms with Crippen molar-refractivity contribution in [3.05, 3.63) is 147 Å². The van der Waals surface area contributed by atoms with E-state index in [9.17, 15) is 30.3 Å². The number of hydrogen-bond donors (Lipinski definition) is 5. The van der Waals surface area contributed by atoms with Gasteiger partial charge >= 0.3 is 0 Å². The molecule has 342 valence electrons. The number of nitrogens with zero attached hydrogens (tertiary/aromatic N) is 2. The van der Waals surface area contributed by atoms with Gasteiger partial charge in [-0.05, 0) is 83.3 Å². The van der Waals surface area contributed by atoms with E-state index in [1.165, 1.54) is 24.1 Å². The first-order chi connectivity index (χ1) is 32.6. The maximum absolute atomic E-state index is 15.0. The number of aromatic hydroxyl groups is 2. The first-order valence-electron chi connectivity index (χ1n) is 22.6. The van der Waals surface area contributed by atoms with Gasteiger partial charge in [0.2, 0.25) is 6.29 Å². The number of phenols is 2. The molecule has 0 aromatic heterocycles. The van der Waals surface area contributed by atoms with E-state index in [4.69, 9.17) is 23.7 Å². The summed E-state index contributed by atoms with van der Waals surface area (Å²) in [6, 6.07) is 15.3. The van der Waals surface area contributed by atoms with Crippen LogP contribution < -0.4 is 9.47 Å². The summed E-state index contributed by atoms with van der Waals surface area (Å²) in [5, 5.41) is 59.6. The van der Waals surface area contributed by atoms with Crippen molar-refractivity contribution in [3.63, 3.8) is 0 Å². The lowest BCUT2D eigenvalue weighted by molar-refractivity contribution is -0.337. The number of fused-ring (bicyclic) bond motifs is 11. The third-order valence-electron chi connectivity index (χ3n) is 14.2. The number of ketones is 1. The number of ether oxygens (including phenoxy) is 5. The molecule has 4 aromatic carbocycles.